The van der Waals surface area contributed by atoms with Gasteiger partial charge in [0.25, 0.3) is 0 Å². The molecule has 0 aliphatic heterocycles. The van der Waals surface area contributed by atoms with E-state index in [2.05, 4.69) is 10.2 Å². The summed E-state index contributed by atoms with van der Waals surface area (Å²) in [6.45, 7) is 2.21. The predicted octanol–water partition coefficient (Wildman–Crippen LogP) is 2.21. The summed E-state index contributed by atoms with van der Waals surface area (Å²) in [4.78, 5) is 0. The SMILES string of the molecule is COc1ccccc1OCc1nnc2ccc(N)c(C)n12. The highest BCUT2D eigenvalue weighted by molar-refractivity contribution is 5.52. The Morgan fingerprint density at radius 2 is 1.86 bits per heavy atom. The highest BCUT2D eigenvalue weighted by atomic mass is 16.5. The largest absolute Gasteiger partial charge is 0.493 e. The van der Waals surface area contributed by atoms with E-state index in [0.717, 1.165) is 11.3 Å². The van der Waals surface area contributed by atoms with Crippen LogP contribution >= 0.6 is 0 Å². The number of aromatic nitrogens is 3. The fourth-order valence-corrected chi connectivity index (χ4v) is 2.19. The summed E-state index contributed by atoms with van der Waals surface area (Å²) in [6.07, 6.45) is 0. The van der Waals surface area contributed by atoms with Gasteiger partial charge in [-0.15, -0.1) is 10.2 Å². The average Bonchev–Trinajstić information content (AvgIpc) is 2.93. The molecule has 0 radical (unpaired) electrons. The van der Waals surface area contributed by atoms with Gasteiger partial charge in [0.2, 0.25) is 0 Å². The highest BCUT2D eigenvalue weighted by Gasteiger charge is 2.11. The normalized spacial score (nSPS) is 10.8. The molecule has 0 saturated carbocycles. The van der Waals surface area contributed by atoms with Crippen LogP contribution in [0.25, 0.3) is 5.65 Å². The minimum atomic E-state index is 0.284. The van der Waals surface area contributed by atoms with E-state index in [1.807, 2.05) is 47.7 Å². The van der Waals surface area contributed by atoms with Crippen LogP contribution in [0.4, 0.5) is 5.69 Å². The van der Waals surface area contributed by atoms with E-state index in [1.54, 1.807) is 7.11 Å². The Kier molecular flexibility index (Phi) is 3.35. The van der Waals surface area contributed by atoms with E-state index in [1.165, 1.54) is 0 Å². The van der Waals surface area contributed by atoms with Gasteiger partial charge in [0.05, 0.1) is 12.8 Å². The van der Waals surface area contributed by atoms with Crippen molar-refractivity contribution < 1.29 is 9.47 Å². The van der Waals surface area contributed by atoms with Crippen LogP contribution in [0.2, 0.25) is 0 Å². The van der Waals surface area contributed by atoms with Crippen molar-refractivity contribution in [3.05, 3.63) is 47.9 Å². The molecule has 0 bridgehead atoms. The molecule has 0 saturated heterocycles. The lowest BCUT2D eigenvalue weighted by molar-refractivity contribution is 0.275. The molecule has 3 aromatic rings. The van der Waals surface area contributed by atoms with Crippen LogP contribution in [0.15, 0.2) is 36.4 Å². The number of benzene rings is 1. The van der Waals surface area contributed by atoms with Gasteiger partial charge in [-0.2, -0.15) is 0 Å². The van der Waals surface area contributed by atoms with Crippen LogP contribution < -0.4 is 15.2 Å². The number of nitrogen functional groups attached to an aromatic ring is 1. The van der Waals surface area contributed by atoms with Gasteiger partial charge in [-0.3, -0.25) is 4.40 Å². The second-order valence-corrected chi connectivity index (χ2v) is 4.62. The molecule has 3 rings (SSSR count). The van der Waals surface area contributed by atoms with E-state index >= 15 is 0 Å². The first-order valence-electron chi connectivity index (χ1n) is 6.55. The minimum Gasteiger partial charge on any atom is -0.493 e. The van der Waals surface area contributed by atoms with Crippen molar-refractivity contribution in [3.63, 3.8) is 0 Å². The smallest absolute Gasteiger partial charge is 0.175 e. The molecule has 2 heterocycles. The quantitative estimate of drug-likeness (QED) is 0.795. The zero-order valence-corrected chi connectivity index (χ0v) is 11.9. The molecule has 108 valence electrons. The molecule has 0 spiro atoms. The maximum atomic E-state index is 5.93. The maximum absolute atomic E-state index is 5.93. The predicted molar refractivity (Wildman–Crippen MR) is 79.5 cm³/mol. The van der Waals surface area contributed by atoms with Crippen LogP contribution in [-0.2, 0) is 6.61 Å². The van der Waals surface area contributed by atoms with Crippen molar-refractivity contribution >= 4 is 11.3 Å². The molecule has 21 heavy (non-hydrogen) atoms. The van der Waals surface area contributed by atoms with Crippen molar-refractivity contribution in [1.29, 1.82) is 0 Å². The number of para-hydroxylation sites is 2. The third-order valence-electron chi connectivity index (χ3n) is 3.35. The van der Waals surface area contributed by atoms with Crippen molar-refractivity contribution in [2.45, 2.75) is 13.5 Å². The standard InChI is InChI=1S/C15H16N4O2/c1-10-11(16)7-8-14-17-18-15(19(10)14)9-21-13-6-4-3-5-12(13)20-2/h3-8H,9,16H2,1-2H3. The molecule has 0 amide bonds. The number of aryl methyl sites for hydroxylation is 1. The molecule has 2 N–H and O–H groups in total. The lowest BCUT2D eigenvalue weighted by Gasteiger charge is -2.10. The molecule has 0 unspecified atom stereocenters. The lowest BCUT2D eigenvalue weighted by Crippen LogP contribution is -2.06. The number of hydrogen-bond acceptors (Lipinski definition) is 5. The molecule has 0 aliphatic carbocycles. The fraction of sp³-hybridized carbons (Fsp3) is 0.200. The van der Waals surface area contributed by atoms with Gasteiger partial charge in [0.1, 0.15) is 6.61 Å². The molecule has 6 nitrogen and oxygen atoms in total. The number of nitrogens with two attached hydrogens (primary N) is 1. The summed E-state index contributed by atoms with van der Waals surface area (Å²) in [5, 5.41) is 8.28. The van der Waals surface area contributed by atoms with Crippen LogP contribution in [0.5, 0.6) is 11.5 Å². The first-order valence-corrected chi connectivity index (χ1v) is 6.55. The van der Waals surface area contributed by atoms with Crippen molar-refractivity contribution in [3.8, 4) is 11.5 Å². The number of rotatable bonds is 4. The number of fused-ring (bicyclic) bond motifs is 1. The third-order valence-corrected chi connectivity index (χ3v) is 3.35. The van der Waals surface area contributed by atoms with Gasteiger partial charge in [0, 0.05) is 5.69 Å². The number of ether oxygens (including phenoxy) is 2. The van der Waals surface area contributed by atoms with Gasteiger partial charge < -0.3 is 15.2 Å². The second-order valence-electron chi connectivity index (χ2n) is 4.62. The Balaban J connectivity index is 1.91. The van der Waals surface area contributed by atoms with Crippen LogP contribution in [0.3, 0.4) is 0 Å². The average molecular weight is 284 g/mol. The van der Waals surface area contributed by atoms with Gasteiger partial charge in [-0.05, 0) is 31.2 Å². The summed E-state index contributed by atoms with van der Waals surface area (Å²) in [5.41, 5.74) is 8.27. The molecule has 6 heteroatoms. The molecule has 0 aliphatic rings. The number of methoxy groups -OCH3 is 1. The number of hydrogen-bond donors (Lipinski definition) is 1. The summed E-state index contributed by atoms with van der Waals surface area (Å²) in [5.74, 6) is 2.04. The number of anilines is 1. The monoisotopic (exact) mass is 284 g/mol. The zero-order chi connectivity index (χ0) is 14.8. The second kappa shape index (κ2) is 5.32. The Labute approximate surface area is 122 Å². The van der Waals surface area contributed by atoms with Crippen molar-refractivity contribution in [1.82, 2.24) is 14.6 Å². The molecular weight excluding hydrogens is 268 g/mol. The van der Waals surface area contributed by atoms with E-state index in [9.17, 15) is 0 Å². The molecular formula is C15H16N4O2. The van der Waals surface area contributed by atoms with Crippen LogP contribution in [0, 0.1) is 6.92 Å². The summed E-state index contributed by atoms with van der Waals surface area (Å²) in [6, 6.07) is 11.1. The number of nitrogens with zero attached hydrogens (tertiary/aromatic N) is 3. The van der Waals surface area contributed by atoms with Crippen molar-refractivity contribution in [2.75, 3.05) is 12.8 Å². The first-order chi connectivity index (χ1) is 10.2. The molecule has 0 atom stereocenters. The minimum absolute atomic E-state index is 0.284. The fourth-order valence-electron chi connectivity index (χ4n) is 2.19. The Morgan fingerprint density at radius 1 is 1.10 bits per heavy atom. The maximum Gasteiger partial charge on any atom is 0.175 e. The van der Waals surface area contributed by atoms with E-state index in [4.69, 9.17) is 15.2 Å². The highest BCUT2D eigenvalue weighted by Crippen LogP contribution is 2.26. The van der Waals surface area contributed by atoms with E-state index in [0.29, 0.717) is 23.0 Å². The summed E-state index contributed by atoms with van der Waals surface area (Å²) in [7, 11) is 1.61. The van der Waals surface area contributed by atoms with Gasteiger partial charge in [-0.25, -0.2) is 0 Å². The zero-order valence-electron chi connectivity index (χ0n) is 11.9. The van der Waals surface area contributed by atoms with Crippen LogP contribution in [0.1, 0.15) is 11.5 Å². The summed E-state index contributed by atoms with van der Waals surface area (Å²) < 4.78 is 12.9. The van der Waals surface area contributed by atoms with E-state index < -0.39 is 0 Å². The lowest BCUT2D eigenvalue weighted by atomic mass is 10.3. The van der Waals surface area contributed by atoms with Crippen LogP contribution in [-0.4, -0.2) is 21.7 Å². The number of pyridine rings is 1. The third kappa shape index (κ3) is 2.35. The van der Waals surface area contributed by atoms with Gasteiger partial charge in [0.15, 0.2) is 23.0 Å². The van der Waals surface area contributed by atoms with E-state index in [-0.39, 0.29) is 6.61 Å². The van der Waals surface area contributed by atoms with Gasteiger partial charge >= 0.3 is 0 Å². The summed E-state index contributed by atoms with van der Waals surface area (Å²) >= 11 is 0. The topological polar surface area (TPSA) is 74.7 Å². The Hall–Kier alpha value is -2.76. The Bertz CT molecular complexity index is 782. The Morgan fingerprint density at radius 3 is 2.62 bits per heavy atom. The van der Waals surface area contributed by atoms with Crippen molar-refractivity contribution in [2.24, 2.45) is 0 Å². The molecule has 1 aromatic carbocycles. The molecule has 2 aromatic heterocycles. The van der Waals surface area contributed by atoms with Gasteiger partial charge in [-0.1, -0.05) is 12.1 Å². The first kappa shape index (κ1) is 13.2. The molecule has 0 fully saturated rings.